The Hall–Kier alpha value is -1.40. The molecule has 1 aromatic rings. The standard InChI is InChI=1S/C10H18N4O2/c1-2-3-13-10(16)5-14-7-12-4-9(14)8(11)6-15/h4,7-8,15H,2-3,5-6,11H2,1H3,(H,13,16). The Labute approximate surface area is 94.5 Å². The van der Waals surface area contributed by atoms with E-state index >= 15 is 0 Å². The van der Waals surface area contributed by atoms with Crippen LogP contribution in [0.1, 0.15) is 25.1 Å². The summed E-state index contributed by atoms with van der Waals surface area (Å²) >= 11 is 0. The number of carbonyl (C=O) groups is 1. The van der Waals surface area contributed by atoms with Crippen molar-refractivity contribution in [2.24, 2.45) is 5.73 Å². The second-order valence-electron chi connectivity index (χ2n) is 3.59. The summed E-state index contributed by atoms with van der Waals surface area (Å²) in [6, 6.07) is -0.499. The molecule has 0 fully saturated rings. The van der Waals surface area contributed by atoms with E-state index in [1.54, 1.807) is 10.8 Å². The highest BCUT2D eigenvalue weighted by Gasteiger charge is 2.12. The van der Waals surface area contributed by atoms with Crippen LogP contribution in [0, 0.1) is 0 Å². The highest BCUT2D eigenvalue weighted by molar-refractivity contribution is 5.75. The van der Waals surface area contributed by atoms with Crippen LogP contribution in [0.3, 0.4) is 0 Å². The third-order valence-corrected chi connectivity index (χ3v) is 2.21. The number of carbonyl (C=O) groups excluding carboxylic acids is 1. The summed E-state index contributed by atoms with van der Waals surface area (Å²) in [5.41, 5.74) is 6.33. The number of amides is 1. The zero-order valence-electron chi connectivity index (χ0n) is 9.39. The maximum Gasteiger partial charge on any atom is 0.239 e. The Balaban J connectivity index is 2.59. The second-order valence-corrected chi connectivity index (χ2v) is 3.59. The minimum Gasteiger partial charge on any atom is -0.394 e. The molecule has 0 aliphatic heterocycles. The normalized spacial score (nSPS) is 12.4. The largest absolute Gasteiger partial charge is 0.394 e. The Bertz CT molecular complexity index is 337. The van der Waals surface area contributed by atoms with Crippen molar-refractivity contribution in [3.05, 3.63) is 18.2 Å². The van der Waals surface area contributed by atoms with Crippen molar-refractivity contribution in [2.75, 3.05) is 13.2 Å². The van der Waals surface area contributed by atoms with Crippen molar-refractivity contribution >= 4 is 5.91 Å². The Morgan fingerprint density at radius 2 is 2.50 bits per heavy atom. The second kappa shape index (κ2) is 6.24. The molecule has 0 saturated carbocycles. The van der Waals surface area contributed by atoms with Gasteiger partial charge >= 0.3 is 0 Å². The van der Waals surface area contributed by atoms with E-state index in [0.717, 1.165) is 6.42 Å². The number of hydrogen-bond acceptors (Lipinski definition) is 4. The molecule has 0 spiro atoms. The van der Waals surface area contributed by atoms with Gasteiger partial charge in [-0.2, -0.15) is 0 Å². The smallest absolute Gasteiger partial charge is 0.239 e. The first-order chi connectivity index (χ1) is 7.69. The van der Waals surface area contributed by atoms with Gasteiger partial charge in [-0.25, -0.2) is 4.98 Å². The summed E-state index contributed by atoms with van der Waals surface area (Å²) in [7, 11) is 0. The van der Waals surface area contributed by atoms with Gasteiger partial charge in [-0.3, -0.25) is 4.79 Å². The molecule has 0 aliphatic rings. The van der Waals surface area contributed by atoms with Crippen molar-refractivity contribution < 1.29 is 9.90 Å². The number of nitrogens with two attached hydrogens (primary N) is 1. The van der Waals surface area contributed by atoms with Gasteiger partial charge in [0.25, 0.3) is 0 Å². The third kappa shape index (κ3) is 3.32. The minimum absolute atomic E-state index is 0.0776. The van der Waals surface area contributed by atoms with Gasteiger partial charge in [-0.05, 0) is 6.42 Å². The third-order valence-electron chi connectivity index (χ3n) is 2.21. The Morgan fingerprint density at radius 3 is 3.12 bits per heavy atom. The lowest BCUT2D eigenvalue weighted by molar-refractivity contribution is -0.121. The molecule has 6 heteroatoms. The lowest BCUT2D eigenvalue weighted by Crippen LogP contribution is -2.29. The fourth-order valence-electron chi connectivity index (χ4n) is 1.34. The summed E-state index contributed by atoms with van der Waals surface area (Å²) < 4.78 is 1.64. The Kier molecular flexibility index (Phi) is 4.94. The van der Waals surface area contributed by atoms with Crippen LogP contribution in [0.25, 0.3) is 0 Å². The number of hydrogen-bond donors (Lipinski definition) is 3. The first-order valence-corrected chi connectivity index (χ1v) is 5.32. The zero-order chi connectivity index (χ0) is 12.0. The molecule has 1 unspecified atom stereocenters. The summed E-state index contributed by atoms with van der Waals surface area (Å²) in [5, 5.41) is 11.7. The van der Waals surface area contributed by atoms with Gasteiger partial charge in [0.2, 0.25) is 5.91 Å². The highest BCUT2D eigenvalue weighted by Crippen LogP contribution is 2.08. The van der Waals surface area contributed by atoms with E-state index in [2.05, 4.69) is 10.3 Å². The molecule has 1 amide bonds. The summed E-state index contributed by atoms with van der Waals surface area (Å²) in [6.07, 6.45) is 4.00. The van der Waals surface area contributed by atoms with Crippen molar-refractivity contribution in [2.45, 2.75) is 25.9 Å². The number of aliphatic hydroxyl groups excluding tert-OH is 1. The molecular weight excluding hydrogens is 208 g/mol. The number of aromatic nitrogens is 2. The zero-order valence-corrected chi connectivity index (χ0v) is 9.39. The molecule has 6 nitrogen and oxygen atoms in total. The predicted octanol–water partition coefficient (Wildman–Crippen LogP) is -0.599. The SMILES string of the molecule is CCCNC(=O)Cn1cncc1C(N)CO. The number of rotatable bonds is 6. The molecule has 0 aliphatic carbocycles. The molecule has 90 valence electrons. The van der Waals surface area contributed by atoms with Crippen LogP contribution in [0.15, 0.2) is 12.5 Å². The monoisotopic (exact) mass is 226 g/mol. The summed E-state index contributed by atoms with van der Waals surface area (Å²) in [4.78, 5) is 15.4. The first kappa shape index (κ1) is 12.7. The molecular formula is C10H18N4O2. The van der Waals surface area contributed by atoms with E-state index in [4.69, 9.17) is 10.8 Å². The first-order valence-electron chi connectivity index (χ1n) is 5.32. The van der Waals surface area contributed by atoms with Crippen molar-refractivity contribution in [1.29, 1.82) is 0 Å². The molecule has 1 heterocycles. The quantitative estimate of drug-likeness (QED) is 0.604. The van der Waals surface area contributed by atoms with Crippen LogP contribution in [-0.4, -0.2) is 33.7 Å². The van der Waals surface area contributed by atoms with E-state index in [9.17, 15) is 4.79 Å². The van der Waals surface area contributed by atoms with E-state index in [1.807, 2.05) is 6.92 Å². The van der Waals surface area contributed by atoms with Gasteiger partial charge in [0.1, 0.15) is 6.54 Å². The number of nitrogens with zero attached hydrogens (tertiary/aromatic N) is 2. The predicted molar refractivity (Wildman–Crippen MR) is 59.5 cm³/mol. The highest BCUT2D eigenvalue weighted by atomic mass is 16.3. The van der Waals surface area contributed by atoms with Crippen LogP contribution >= 0.6 is 0 Å². The lowest BCUT2D eigenvalue weighted by Gasteiger charge is -2.12. The molecule has 0 bridgehead atoms. The van der Waals surface area contributed by atoms with Gasteiger partial charge in [0, 0.05) is 12.7 Å². The Morgan fingerprint density at radius 1 is 1.75 bits per heavy atom. The maximum atomic E-state index is 11.5. The molecule has 1 atom stereocenters. The van der Waals surface area contributed by atoms with Crippen LogP contribution in [0.2, 0.25) is 0 Å². The van der Waals surface area contributed by atoms with Gasteiger partial charge < -0.3 is 20.7 Å². The number of nitrogens with one attached hydrogen (secondary N) is 1. The van der Waals surface area contributed by atoms with E-state index in [-0.39, 0.29) is 19.1 Å². The fraction of sp³-hybridized carbons (Fsp3) is 0.600. The molecule has 0 aromatic carbocycles. The van der Waals surface area contributed by atoms with E-state index < -0.39 is 6.04 Å². The average molecular weight is 226 g/mol. The summed E-state index contributed by atoms with van der Waals surface area (Å²) in [5.74, 6) is -0.0776. The van der Waals surface area contributed by atoms with Crippen LogP contribution < -0.4 is 11.1 Å². The maximum absolute atomic E-state index is 11.5. The number of aliphatic hydroxyl groups is 1. The van der Waals surface area contributed by atoms with Gasteiger partial charge in [-0.15, -0.1) is 0 Å². The minimum atomic E-state index is -0.499. The lowest BCUT2D eigenvalue weighted by atomic mass is 10.2. The van der Waals surface area contributed by atoms with Crippen molar-refractivity contribution in [3.63, 3.8) is 0 Å². The molecule has 0 radical (unpaired) electrons. The van der Waals surface area contributed by atoms with Crippen molar-refractivity contribution in [3.8, 4) is 0 Å². The van der Waals surface area contributed by atoms with Gasteiger partial charge in [-0.1, -0.05) is 6.92 Å². The number of imidazole rings is 1. The average Bonchev–Trinajstić information content (AvgIpc) is 2.73. The fourth-order valence-corrected chi connectivity index (χ4v) is 1.34. The molecule has 1 rings (SSSR count). The topological polar surface area (TPSA) is 93.2 Å². The van der Waals surface area contributed by atoms with Gasteiger partial charge in [0.15, 0.2) is 0 Å². The molecule has 16 heavy (non-hydrogen) atoms. The van der Waals surface area contributed by atoms with Crippen LogP contribution in [0.5, 0.6) is 0 Å². The molecule has 4 N–H and O–H groups in total. The molecule has 0 saturated heterocycles. The van der Waals surface area contributed by atoms with Crippen LogP contribution in [-0.2, 0) is 11.3 Å². The summed E-state index contributed by atoms with van der Waals surface area (Å²) in [6.45, 7) is 2.67. The van der Waals surface area contributed by atoms with E-state index in [1.165, 1.54) is 6.33 Å². The van der Waals surface area contributed by atoms with Crippen LogP contribution in [0.4, 0.5) is 0 Å². The molecule has 1 aromatic heterocycles. The van der Waals surface area contributed by atoms with Crippen molar-refractivity contribution in [1.82, 2.24) is 14.9 Å². The van der Waals surface area contributed by atoms with E-state index in [0.29, 0.717) is 12.2 Å². The van der Waals surface area contributed by atoms with Gasteiger partial charge in [0.05, 0.1) is 24.7 Å².